The fourth-order valence-corrected chi connectivity index (χ4v) is 2.83. The maximum atomic E-state index is 13.8. The van der Waals surface area contributed by atoms with E-state index in [1.165, 1.54) is 22.3 Å². The van der Waals surface area contributed by atoms with E-state index >= 15 is 0 Å². The largest absolute Gasteiger partial charge is 0.351 e. The third-order valence-corrected chi connectivity index (χ3v) is 4.42. The fourth-order valence-electron chi connectivity index (χ4n) is 2.19. The van der Waals surface area contributed by atoms with Gasteiger partial charge >= 0.3 is 0 Å². The molecule has 0 bridgehead atoms. The fraction of sp³-hybridized carbons (Fsp3) is 0.294. The Morgan fingerprint density at radius 1 is 1.30 bits per heavy atom. The number of rotatable bonds is 6. The zero-order valence-corrected chi connectivity index (χ0v) is 13.9. The van der Waals surface area contributed by atoms with E-state index < -0.39 is 0 Å². The summed E-state index contributed by atoms with van der Waals surface area (Å²) in [5.74, 6) is -0.666. The summed E-state index contributed by atoms with van der Waals surface area (Å²) >= 11 is 1.44. The van der Waals surface area contributed by atoms with Crippen LogP contribution in [0.5, 0.6) is 0 Å². The molecule has 0 aliphatic rings. The van der Waals surface area contributed by atoms with Crippen LogP contribution in [0.25, 0.3) is 0 Å². The lowest BCUT2D eigenvalue weighted by atomic mass is 10.1. The van der Waals surface area contributed by atoms with Crippen LogP contribution in [0.1, 0.15) is 35.3 Å². The second-order valence-corrected chi connectivity index (χ2v) is 6.00. The minimum Gasteiger partial charge on any atom is -0.351 e. The Morgan fingerprint density at radius 3 is 2.70 bits per heavy atom. The summed E-state index contributed by atoms with van der Waals surface area (Å²) in [5, 5.41) is 6.28. The molecule has 1 heterocycles. The quantitative estimate of drug-likeness (QED) is 0.882. The van der Waals surface area contributed by atoms with E-state index in [1.807, 2.05) is 5.38 Å². The van der Waals surface area contributed by atoms with Crippen molar-refractivity contribution in [2.45, 2.75) is 19.4 Å². The van der Waals surface area contributed by atoms with Gasteiger partial charge in [-0.25, -0.2) is 4.39 Å². The van der Waals surface area contributed by atoms with Crippen LogP contribution in [0.15, 0.2) is 41.1 Å². The molecule has 0 fully saturated rings. The second-order valence-electron chi connectivity index (χ2n) is 5.22. The molecule has 1 atom stereocenters. The van der Waals surface area contributed by atoms with Gasteiger partial charge in [0, 0.05) is 36.5 Å². The van der Waals surface area contributed by atoms with Crippen LogP contribution >= 0.6 is 11.3 Å². The highest BCUT2D eigenvalue weighted by Crippen LogP contribution is 2.21. The smallest absolute Gasteiger partial charge is 0.252 e. The number of nitrogens with zero attached hydrogens (tertiary/aromatic N) is 1. The molecule has 0 aliphatic heterocycles. The maximum absolute atomic E-state index is 13.8. The molecule has 0 spiro atoms. The number of hydrogen-bond acceptors (Lipinski definition) is 3. The minimum absolute atomic E-state index is 0.147. The molecule has 2 rings (SSSR count). The number of thiophene rings is 1. The minimum atomic E-state index is -0.365. The summed E-state index contributed by atoms with van der Waals surface area (Å²) < 4.78 is 13.8. The molecule has 2 aromatic rings. The van der Waals surface area contributed by atoms with E-state index in [2.05, 4.69) is 5.32 Å². The van der Waals surface area contributed by atoms with Crippen molar-refractivity contribution in [1.82, 2.24) is 10.2 Å². The SMILES string of the molecule is CC(c1ccccc1F)N(C)C(=O)CCNC(=O)c1ccsc1. The number of nitrogens with one attached hydrogen (secondary N) is 1. The maximum Gasteiger partial charge on any atom is 0.252 e. The first-order valence-electron chi connectivity index (χ1n) is 7.31. The molecule has 1 unspecified atom stereocenters. The molecule has 1 aromatic carbocycles. The van der Waals surface area contributed by atoms with Crippen molar-refractivity contribution in [3.05, 3.63) is 58.0 Å². The number of benzene rings is 1. The van der Waals surface area contributed by atoms with Crippen LogP contribution in [0.4, 0.5) is 4.39 Å². The predicted molar refractivity (Wildman–Crippen MR) is 88.9 cm³/mol. The third-order valence-electron chi connectivity index (χ3n) is 3.74. The molecule has 6 heteroatoms. The third kappa shape index (κ3) is 4.39. The Labute approximate surface area is 138 Å². The second kappa shape index (κ2) is 7.87. The van der Waals surface area contributed by atoms with Crippen molar-refractivity contribution in [2.24, 2.45) is 0 Å². The van der Waals surface area contributed by atoms with Gasteiger partial charge in [-0.3, -0.25) is 9.59 Å². The summed E-state index contributed by atoms with van der Waals surface area (Å²) in [4.78, 5) is 25.5. The lowest BCUT2D eigenvalue weighted by Gasteiger charge is -2.25. The zero-order chi connectivity index (χ0) is 16.8. The van der Waals surface area contributed by atoms with Gasteiger partial charge in [-0.15, -0.1) is 0 Å². The van der Waals surface area contributed by atoms with Crippen molar-refractivity contribution < 1.29 is 14.0 Å². The van der Waals surface area contributed by atoms with E-state index in [4.69, 9.17) is 0 Å². The molecule has 2 amide bonds. The highest BCUT2D eigenvalue weighted by Gasteiger charge is 2.19. The monoisotopic (exact) mass is 334 g/mol. The molecular formula is C17H19FN2O2S. The predicted octanol–water partition coefficient (Wildman–Crippen LogP) is 3.23. The average Bonchev–Trinajstić information content (AvgIpc) is 3.08. The van der Waals surface area contributed by atoms with E-state index in [1.54, 1.807) is 43.6 Å². The molecule has 23 heavy (non-hydrogen) atoms. The molecule has 1 N–H and O–H groups in total. The Morgan fingerprint density at radius 2 is 2.04 bits per heavy atom. The van der Waals surface area contributed by atoms with Gasteiger partial charge in [0.1, 0.15) is 5.82 Å². The van der Waals surface area contributed by atoms with Crippen LogP contribution in [0.3, 0.4) is 0 Å². The summed E-state index contributed by atoms with van der Waals surface area (Å²) in [6.07, 6.45) is 0.172. The lowest BCUT2D eigenvalue weighted by molar-refractivity contribution is -0.131. The van der Waals surface area contributed by atoms with Crippen LogP contribution in [0, 0.1) is 5.82 Å². The topological polar surface area (TPSA) is 49.4 Å². The number of amides is 2. The Kier molecular flexibility index (Phi) is 5.87. The summed E-state index contributed by atoms with van der Waals surface area (Å²) in [5.41, 5.74) is 1.07. The molecule has 4 nitrogen and oxygen atoms in total. The van der Waals surface area contributed by atoms with Gasteiger partial charge in [-0.05, 0) is 24.4 Å². The normalized spacial score (nSPS) is 11.8. The first-order valence-corrected chi connectivity index (χ1v) is 8.25. The Balaban J connectivity index is 1.85. The highest BCUT2D eigenvalue weighted by molar-refractivity contribution is 7.08. The molecule has 0 radical (unpaired) electrons. The van der Waals surface area contributed by atoms with Crippen molar-refractivity contribution in [2.75, 3.05) is 13.6 Å². The van der Waals surface area contributed by atoms with Gasteiger partial charge < -0.3 is 10.2 Å². The van der Waals surface area contributed by atoms with Gasteiger partial charge in [0.2, 0.25) is 5.91 Å². The number of carbonyl (C=O) groups is 2. The number of halogens is 1. The molecule has 0 aliphatic carbocycles. The first-order chi connectivity index (χ1) is 11.0. The van der Waals surface area contributed by atoms with Crippen LogP contribution in [0.2, 0.25) is 0 Å². The number of hydrogen-bond donors (Lipinski definition) is 1. The molecular weight excluding hydrogens is 315 g/mol. The van der Waals surface area contributed by atoms with Crippen molar-refractivity contribution in [3.63, 3.8) is 0 Å². The molecule has 0 saturated carbocycles. The van der Waals surface area contributed by atoms with E-state index in [-0.39, 0.29) is 36.6 Å². The van der Waals surface area contributed by atoms with Crippen LogP contribution in [-0.2, 0) is 4.79 Å². The van der Waals surface area contributed by atoms with Crippen molar-refractivity contribution >= 4 is 23.2 Å². The van der Waals surface area contributed by atoms with Crippen molar-refractivity contribution in [3.8, 4) is 0 Å². The Hall–Kier alpha value is -2.21. The van der Waals surface area contributed by atoms with E-state index in [0.29, 0.717) is 11.1 Å². The standard InChI is InChI=1S/C17H19FN2O2S/c1-12(14-5-3-4-6-15(14)18)20(2)16(21)7-9-19-17(22)13-8-10-23-11-13/h3-6,8,10-12H,7,9H2,1-2H3,(H,19,22). The molecule has 1 aromatic heterocycles. The highest BCUT2D eigenvalue weighted by atomic mass is 32.1. The van der Waals surface area contributed by atoms with Gasteiger partial charge in [0.05, 0.1) is 6.04 Å². The van der Waals surface area contributed by atoms with Gasteiger partial charge in [-0.2, -0.15) is 11.3 Å². The number of carbonyl (C=O) groups excluding carboxylic acids is 2. The van der Waals surface area contributed by atoms with Crippen LogP contribution < -0.4 is 5.32 Å². The van der Waals surface area contributed by atoms with Gasteiger partial charge in [0.25, 0.3) is 5.91 Å². The zero-order valence-electron chi connectivity index (χ0n) is 13.1. The summed E-state index contributed by atoms with van der Waals surface area (Å²) in [6, 6.07) is 7.78. The molecule has 122 valence electrons. The first kappa shape index (κ1) is 17.1. The Bertz CT molecular complexity index is 673. The molecule has 0 saturated heterocycles. The van der Waals surface area contributed by atoms with E-state index in [9.17, 15) is 14.0 Å². The average molecular weight is 334 g/mol. The summed E-state index contributed by atoms with van der Waals surface area (Å²) in [7, 11) is 1.64. The van der Waals surface area contributed by atoms with Crippen LogP contribution in [-0.4, -0.2) is 30.3 Å². The van der Waals surface area contributed by atoms with Gasteiger partial charge in [0.15, 0.2) is 0 Å². The van der Waals surface area contributed by atoms with Crippen molar-refractivity contribution in [1.29, 1.82) is 0 Å². The van der Waals surface area contributed by atoms with E-state index in [0.717, 1.165) is 0 Å². The lowest BCUT2D eigenvalue weighted by Crippen LogP contribution is -2.33. The van der Waals surface area contributed by atoms with Gasteiger partial charge in [-0.1, -0.05) is 18.2 Å². The summed E-state index contributed by atoms with van der Waals surface area (Å²) in [6.45, 7) is 2.03.